The van der Waals surface area contributed by atoms with Crippen molar-refractivity contribution in [2.24, 2.45) is 0 Å². The number of imidazole rings is 1. The van der Waals surface area contributed by atoms with Crippen molar-refractivity contribution in [3.8, 4) is 0 Å². The second-order valence-corrected chi connectivity index (χ2v) is 4.67. The molecule has 0 radical (unpaired) electrons. The lowest BCUT2D eigenvalue weighted by atomic mass is 10.00. The lowest BCUT2D eigenvalue weighted by Gasteiger charge is -2.19. The molecule has 1 aromatic carbocycles. The van der Waals surface area contributed by atoms with E-state index in [-0.39, 0.29) is 12.4 Å². The Morgan fingerprint density at radius 3 is 2.86 bits per heavy atom. The summed E-state index contributed by atoms with van der Waals surface area (Å²) >= 11 is 0. The lowest BCUT2D eigenvalue weighted by molar-refractivity contribution is -0.606. The zero-order valence-corrected chi connectivity index (χ0v) is 11.9. The van der Waals surface area contributed by atoms with Crippen LogP contribution in [0.25, 0.3) is 11.2 Å². The van der Waals surface area contributed by atoms with Crippen molar-refractivity contribution >= 4 is 29.4 Å². The van der Waals surface area contributed by atoms with Crippen molar-refractivity contribution in [2.75, 3.05) is 11.9 Å². The van der Waals surface area contributed by atoms with Gasteiger partial charge in [0.05, 0.1) is 5.57 Å². The zero-order valence-electron chi connectivity index (χ0n) is 11.1. The first-order chi connectivity index (χ1) is 9.84. The molecule has 21 heavy (non-hydrogen) atoms. The van der Waals surface area contributed by atoms with Crippen LogP contribution in [0.1, 0.15) is 11.3 Å². The average molecular weight is 301 g/mol. The zero-order chi connectivity index (χ0) is 13.5. The molecule has 0 spiro atoms. The Labute approximate surface area is 127 Å². The largest absolute Gasteiger partial charge is 0.618 e. The molecule has 0 amide bonds. The molecule has 1 N–H and O–H groups in total. The van der Waals surface area contributed by atoms with Gasteiger partial charge >= 0.3 is 0 Å². The van der Waals surface area contributed by atoms with Gasteiger partial charge in [-0.05, 0) is 5.56 Å². The predicted octanol–water partition coefficient (Wildman–Crippen LogP) is 2.25. The van der Waals surface area contributed by atoms with Crippen LogP contribution in [-0.4, -0.2) is 15.9 Å². The summed E-state index contributed by atoms with van der Waals surface area (Å²) in [5.41, 5.74) is 3.26. The standard InChI is InChI=1S/C15H12N4O.ClH/c20-19-10-13-16-8-9-18(13)15-14(19)12(6-7-17-15)11-4-2-1-3-5-11;/h1-6,8-10,17H,7H2;1H. The maximum absolute atomic E-state index is 12.3. The van der Waals surface area contributed by atoms with Crippen LogP contribution in [-0.2, 0) is 0 Å². The summed E-state index contributed by atoms with van der Waals surface area (Å²) in [4.78, 5) is 4.17. The van der Waals surface area contributed by atoms with Crippen LogP contribution in [0.15, 0.2) is 55.0 Å². The molecule has 5 nitrogen and oxygen atoms in total. The number of benzene rings is 1. The first-order valence-electron chi connectivity index (χ1n) is 6.43. The lowest BCUT2D eigenvalue weighted by Crippen LogP contribution is -2.35. The molecule has 0 fully saturated rings. The molecule has 0 saturated carbocycles. The van der Waals surface area contributed by atoms with Gasteiger partial charge in [0.25, 0.3) is 5.69 Å². The molecule has 0 saturated heterocycles. The average Bonchev–Trinajstić information content (AvgIpc) is 2.96. The van der Waals surface area contributed by atoms with Crippen molar-refractivity contribution in [2.45, 2.75) is 0 Å². The monoisotopic (exact) mass is 300 g/mol. The minimum Gasteiger partial charge on any atom is -0.618 e. The summed E-state index contributed by atoms with van der Waals surface area (Å²) < 4.78 is 2.79. The first-order valence-corrected chi connectivity index (χ1v) is 6.43. The highest BCUT2D eigenvalue weighted by Crippen LogP contribution is 2.29. The minimum atomic E-state index is 0. The van der Waals surface area contributed by atoms with E-state index in [9.17, 15) is 5.21 Å². The highest BCUT2D eigenvalue weighted by atomic mass is 35.5. The van der Waals surface area contributed by atoms with Gasteiger partial charge in [-0.25, -0.2) is 4.98 Å². The third kappa shape index (κ3) is 2.02. The first kappa shape index (κ1) is 13.5. The molecule has 1 aliphatic rings. The number of rotatable bonds is 1. The Bertz CT molecular complexity index is 826. The van der Waals surface area contributed by atoms with Crippen molar-refractivity contribution < 1.29 is 4.73 Å². The minimum absolute atomic E-state index is 0. The van der Waals surface area contributed by atoms with Crippen LogP contribution in [0.2, 0.25) is 0 Å². The highest BCUT2D eigenvalue weighted by molar-refractivity contribution is 5.85. The Hall–Kier alpha value is -2.53. The highest BCUT2D eigenvalue weighted by Gasteiger charge is 2.25. The van der Waals surface area contributed by atoms with Gasteiger partial charge in [0.1, 0.15) is 0 Å². The van der Waals surface area contributed by atoms with Gasteiger partial charge in [0.2, 0.25) is 11.8 Å². The molecular weight excluding hydrogens is 288 g/mol. The Kier molecular flexibility index (Phi) is 3.27. The summed E-state index contributed by atoms with van der Waals surface area (Å²) in [6, 6.07) is 9.94. The van der Waals surface area contributed by atoms with Crippen molar-refractivity contribution in [1.29, 1.82) is 0 Å². The van der Waals surface area contributed by atoms with E-state index in [0.29, 0.717) is 17.9 Å². The molecular formula is C15H13ClN4O. The molecule has 2 aromatic heterocycles. The van der Waals surface area contributed by atoms with Crippen LogP contribution in [0, 0.1) is 5.21 Å². The van der Waals surface area contributed by atoms with Crippen molar-refractivity contribution in [3.63, 3.8) is 0 Å². The van der Waals surface area contributed by atoms with Gasteiger partial charge in [-0.3, -0.25) is 4.40 Å². The van der Waals surface area contributed by atoms with Crippen LogP contribution < -0.4 is 10.0 Å². The fraction of sp³-hybridized carbons (Fsp3) is 0.0667. The predicted molar refractivity (Wildman–Crippen MR) is 83.4 cm³/mol. The molecule has 3 aromatic rings. The number of nitrogens with zero attached hydrogens (tertiary/aromatic N) is 3. The number of nitrogens with one attached hydrogen (secondary N) is 1. The summed E-state index contributed by atoms with van der Waals surface area (Å²) in [5, 5.41) is 15.6. The normalized spacial score (nSPS) is 13.0. The summed E-state index contributed by atoms with van der Waals surface area (Å²) in [6.07, 6.45) is 7.09. The number of hydrogen-bond acceptors (Lipinski definition) is 3. The topological polar surface area (TPSA) is 56.3 Å². The molecule has 0 aliphatic carbocycles. The summed E-state index contributed by atoms with van der Waals surface area (Å²) in [5.74, 6) is 0.788. The third-order valence-electron chi connectivity index (χ3n) is 3.50. The number of hydrogen-bond donors (Lipinski definition) is 1. The van der Waals surface area contributed by atoms with Gasteiger partial charge in [-0.2, -0.15) is 4.73 Å². The SMILES string of the molecule is Cl.[O-][n+]1cc2nccn2c2c1C(c1ccccc1)=CCN2. The Balaban J connectivity index is 0.00000132. The molecule has 3 heterocycles. The number of fused-ring (bicyclic) bond motifs is 3. The van der Waals surface area contributed by atoms with Gasteiger partial charge in [0.15, 0.2) is 5.82 Å². The fourth-order valence-electron chi connectivity index (χ4n) is 2.62. The van der Waals surface area contributed by atoms with Crippen LogP contribution >= 0.6 is 12.4 Å². The number of halogens is 1. The van der Waals surface area contributed by atoms with E-state index in [2.05, 4.69) is 10.3 Å². The molecule has 4 rings (SSSR count). The molecule has 1 aliphatic heterocycles. The van der Waals surface area contributed by atoms with E-state index in [0.717, 1.165) is 21.7 Å². The van der Waals surface area contributed by atoms with E-state index in [4.69, 9.17) is 0 Å². The fourth-order valence-corrected chi connectivity index (χ4v) is 2.62. The molecule has 0 atom stereocenters. The smallest absolute Gasteiger partial charge is 0.265 e. The molecule has 0 bridgehead atoms. The maximum atomic E-state index is 12.3. The van der Waals surface area contributed by atoms with Crippen molar-refractivity contribution in [1.82, 2.24) is 9.38 Å². The molecule has 6 heteroatoms. The van der Waals surface area contributed by atoms with Gasteiger partial charge in [-0.15, -0.1) is 12.4 Å². The quantitative estimate of drug-likeness (QED) is 0.554. The summed E-state index contributed by atoms with van der Waals surface area (Å²) in [6.45, 7) is 0.689. The van der Waals surface area contributed by atoms with Gasteiger partial charge in [-0.1, -0.05) is 36.4 Å². The summed E-state index contributed by atoms with van der Waals surface area (Å²) in [7, 11) is 0. The van der Waals surface area contributed by atoms with E-state index >= 15 is 0 Å². The molecule has 0 unspecified atom stereocenters. The van der Waals surface area contributed by atoms with Crippen LogP contribution in [0.4, 0.5) is 5.82 Å². The van der Waals surface area contributed by atoms with E-state index in [1.54, 1.807) is 6.20 Å². The molecule has 106 valence electrons. The van der Waals surface area contributed by atoms with Crippen LogP contribution in [0.5, 0.6) is 0 Å². The second kappa shape index (κ2) is 5.10. The maximum Gasteiger partial charge on any atom is 0.265 e. The van der Waals surface area contributed by atoms with E-state index in [1.165, 1.54) is 6.20 Å². The number of aromatic nitrogens is 3. The van der Waals surface area contributed by atoms with Crippen LogP contribution in [0.3, 0.4) is 0 Å². The third-order valence-corrected chi connectivity index (χ3v) is 3.50. The second-order valence-electron chi connectivity index (χ2n) is 4.67. The van der Waals surface area contributed by atoms with Gasteiger partial charge < -0.3 is 10.5 Å². The Morgan fingerprint density at radius 2 is 2.05 bits per heavy atom. The Morgan fingerprint density at radius 1 is 1.24 bits per heavy atom. The van der Waals surface area contributed by atoms with Crippen molar-refractivity contribution in [3.05, 3.63) is 71.5 Å². The van der Waals surface area contributed by atoms with Gasteiger partial charge in [0, 0.05) is 18.9 Å². The number of anilines is 1. The van der Waals surface area contributed by atoms with E-state index < -0.39 is 0 Å². The van der Waals surface area contributed by atoms with E-state index in [1.807, 2.05) is 47.0 Å².